The van der Waals surface area contributed by atoms with Gasteiger partial charge in [0, 0.05) is 18.7 Å². The first-order valence-electron chi connectivity index (χ1n) is 8.29. The highest BCUT2D eigenvalue weighted by Gasteiger charge is 2.33. The number of hydrogen-bond acceptors (Lipinski definition) is 2. The molecule has 0 spiro atoms. The van der Waals surface area contributed by atoms with Crippen molar-refractivity contribution in [2.75, 3.05) is 13.1 Å². The molecule has 0 saturated carbocycles. The van der Waals surface area contributed by atoms with Gasteiger partial charge >= 0.3 is 6.18 Å². The van der Waals surface area contributed by atoms with E-state index in [-0.39, 0.29) is 22.9 Å². The second kappa shape index (κ2) is 6.86. The number of halogens is 3. The van der Waals surface area contributed by atoms with Gasteiger partial charge in [-0.15, -0.1) is 0 Å². The predicted octanol–water partition coefficient (Wildman–Crippen LogP) is 4.64. The van der Waals surface area contributed by atoms with E-state index in [0.717, 1.165) is 18.9 Å². The average molecular weight is 348 g/mol. The second-order valence-corrected chi connectivity index (χ2v) is 6.43. The van der Waals surface area contributed by atoms with Crippen molar-refractivity contribution in [2.24, 2.45) is 5.92 Å². The first-order chi connectivity index (χ1) is 11.9. The largest absolute Gasteiger partial charge is 0.417 e. The normalized spacial score (nSPS) is 16.1. The number of likely N-dealkylation sites (tertiary alicyclic amines) is 1. The van der Waals surface area contributed by atoms with Crippen molar-refractivity contribution in [2.45, 2.75) is 25.9 Å². The van der Waals surface area contributed by atoms with Gasteiger partial charge in [-0.05, 0) is 37.0 Å². The van der Waals surface area contributed by atoms with E-state index in [1.165, 1.54) is 24.3 Å². The summed E-state index contributed by atoms with van der Waals surface area (Å²) in [5, 5.41) is 0. The fourth-order valence-corrected chi connectivity index (χ4v) is 3.03. The highest BCUT2D eigenvalue weighted by atomic mass is 19.4. The summed E-state index contributed by atoms with van der Waals surface area (Å²) < 4.78 is 39.7. The van der Waals surface area contributed by atoms with Crippen molar-refractivity contribution >= 4 is 5.91 Å². The molecular formula is C19H19F3N2O. The first-order valence-corrected chi connectivity index (χ1v) is 8.29. The first kappa shape index (κ1) is 17.5. The minimum atomic E-state index is -4.47. The van der Waals surface area contributed by atoms with Gasteiger partial charge in [0.2, 0.25) is 0 Å². The molecule has 0 N–H and O–H groups in total. The number of hydrogen-bond donors (Lipinski definition) is 0. The third-order valence-electron chi connectivity index (χ3n) is 4.55. The van der Waals surface area contributed by atoms with Crippen LogP contribution in [-0.4, -0.2) is 28.9 Å². The predicted molar refractivity (Wildman–Crippen MR) is 89.0 cm³/mol. The van der Waals surface area contributed by atoms with E-state index in [4.69, 9.17) is 0 Å². The third kappa shape index (κ3) is 3.83. The van der Waals surface area contributed by atoms with Gasteiger partial charge in [-0.2, -0.15) is 13.2 Å². The maximum atomic E-state index is 13.2. The van der Waals surface area contributed by atoms with Gasteiger partial charge in [-0.25, -0.2) is 4.98 Å². The molecule has 3 rings (SSSR count). The number of rotatable bonds is 2. The van der Waals surface area contributed by atoms with Crippen LogP contribution in [0.15, 0.2) is 42.5 Å². The lowest BCUT2D eigenvalue weighted by atomic mass is 9.99. The van der Waals surface area contributed by atoms with Crippen LogP contribution in [0.1, 0.15) is 35.8 Å². The number of carbonyl (C=O) groups is 1. The molecule has 132 valence electrons. The molecule has 0 unspecified atom stereocenters. The zero-order chi connectivity index (χ0) is 18.0. The molecule has 1 amide bonds. The summed E-state index contributed by atoms with van der Waals surface area (Å²) in [6, 6.07) is 9.91. The highest BCUT2D eigenvalue weighted by molar-refractivity contribution is 5.93. The molecular weight excluding hydrogens is 329 g/mol. The summed E-state index contributed by atoms with van der Waals surface area (Å²) in [4.78, 5) is 18.6. The fourth-order valence-electron chi connectivity index (χ4n) is 3.03. The molecule has 3 nitrogen and oxygen atoms in total. The van der Waals surface area contributed by atoms with Crippen LogP contribution in [0.5, 0.6) is 0 Å². The molecule has 0 atom stereocenters. The Morgan fingerprint density at radius 2 is 1.76 bits per heavy atom. The molecule has 0 radical (unpaired) electrons. The van der Waals surface area contributed by atoms with E-state index in [1.54, 1.807) is 17.0 Å². The molecule has 25 heavy (non-hydrogen) atoms. The van der Waals surface area contributed by atoms with Crippen LogP contribution in [0.25, 0.3) is 11.3 Å². The zero-order valence-electron chi connectivity index (χ0n) is 13.9. The van der Waals surface area contributed by atoms with Gasteiger partial charge in [0.05, 0.1) is 11.3 Å². The Kier molecular flexibility index (Phi) is 4.79. The van der Waals surface area contributed by atoms with Crippen molar-refractivity contribution in [3.8, 4) is 11.3 Å². The SMILES string of the molecule is CC1CCN(C(=O)c2cccc(-c3ccccc3C(F)(F)F)n2)CC1. The Morgan fingerprint density at radius 1 is 1.08 bits per heavy atom. The Balaban J connectivity index is 1.92. The number of alkyl halides is 3. The van der Waals surface area contributed by atoms with Crippen LogP contribution in [0.4, 0.5) is 13.2 Å². The number of aromatic nitrogens is 1. The lowest BCUT2D eigenvalue weighted by Gasteiger charge is -2.30. The van der Waals surface area contributed by atoms with Crippen LogP contribution in [0.3, 0.4) is 0 Å². The Bertz CT molecular complexity index is 765. The summed E-state index contributed by atoms with van der Waals surface area (Å²) in [5.74, 6) is 0.361. The Morgan fingerprint density at radius 3 is 2.44 bits per heavy atom. The molecule has 1 fully saturated rings. The topological polar surface area (TPSA) is 33.2 Å². The molecule has 6 heteroatoms. The van der Waals surface area contributed by atoms with E-state index >= 15 is 0 Å². The molecule has 2 heterocycles. The maximum absolute atomic E-state index is 13.2. The Hall–Kier alpha value is -2.37. The average Bonchev–Trinajstić information content (AvgIpc) is 2.61. The van der Waals surface area contributed by atoms with E-state index in [0.29, 0.717) is 19.0 Å². The molecule has 0 aliphatic carbocycles. The van der Waals surface area contributed by atoms with Crippen LogP contribution in [0, 0.1) is 5.92 Å². The summed E-state index contributed by atoms with van der Waals surface area (Å²) >= 11 is 0. The number of amides is 1. The monoisotopic (exact) mass is 348 g/mol. The minimum Gasteiger partial charge on any atom is -0.337 e. The van der Waals surface area contributed by atoms with E-state index in [1.807, 2.05) is 0 Å². The van der Waals surface area contributed by atoms with Crippen molar-refractivity contribution in [1.82, 2.24) is 9.88 Å². The summed E-state index contributed by atoms with van der Waals surface area (Å²) in [6.45, 7) is 3.46. The van der Waals surface area contributed by atoms with Gasteiger partial charge in [-0.3, -0.25) is 4.79 Å². The molecule has 1 aliphatic heterocycles. The highest BCUT2D eigenvalue weighted by Crippen LogP contribution is 2.36. The lowest BCUT2D eigenvalue weighted by Crippen LogP contribution is -2.38. The van der Waals surface area contributed by atoms with E-state index in [2.05, 4.69) is 11.9 Å². The zero-order valence-corrected chi connectivity index (χ0v) is 13.9. The van der Waals surface area contributed by atoms with Crippen molar-refractivity contribution in [1.29, 1.82) is 0 Å². The molecule has 2 aromatic rings. The van der Waals surface area contributed by atoms with Gasteiger partial charge in [0.1, 0.15) is 5.69 Å². The molecule has 1 aromatic heterocycles. The molecule has 1 aromatic carbocycles. The van der Waals surface area contributed by atoms with Gasteiger partial charge in [0.25, 0.3) is 5.91 Å². The van der Waals surface area contributed by atoms with Crippen LogP contribution >= 0.6 is 0 Å². The van der Waals surface area contributed by atoms with Gasteiger partial charge < -0.3 is 4.90 Å². The van der Waals surface area contributed by atoms with Gasteiger partial charge in [-0.1, -0.05) is 31.2 Å². The van der Waals surface area contributed by atoms with Gasteiger partial charge in [0.15, 0.2) is 0 Å². The molecule has 0 bridgehead atoms. The number of benzene rings is 1. The summed E-state index contributed by atoms with van der Waals surface area (Å²) in [5.41, 5.74) is -0.427. The van der Waals surface area contributed by atoms with E-state index < -0.39 is 11.7 Å². The van der Waals surface area contributed by atoms with Crippen molar-refractivity contribution in [3.05, 3.63) is 53.7 Å². The fraction of sp³-hybridized carbons (Fsp3) is 0.368. The van der Waals surface area contributed by atoms with Crippen molar-refractivity contribution in [3.63, 3.8) is 0 Å². The summed E-state index contributed by atoms with van der Waals surface area (Å²) in [7, 11) is 0. The standard InChI is InChI=1S/C19H19F3N2O/c1-13-9-11-24(12-10-13)18(25)17-8-4-7-16(23-17)14-5-2-3-6-15(14)19(20,21)22/h2-8,13H,9-12H2,1H3. The number of piperidine rings is 1. The third-order valence-corrected chi connectivity index (χ3v) is 4.55. The van der Waals surface area contributed by atoms with Crippen molar-refractivity contribution < 1.29 is 18.0 Å². The number of carbonyl (C=O) groups excluding carboxylic acids is 1. The number of nitrogens with zero attached hydrogens (tertiary/aromatic N) is 2. The molecule has 1 aliphatic rings. The summed E-state index contributed by atoms with van der Waals surface area (Å²) in [6.07, 6.45) is -2.61. The van der Waals surface area contributed by atoms with Crippen LogP contribution in [-0.2, 0) is 6.18 Å². The lowest BCUT2D eigenvalue weighted by molar-refractivity contribution is -0.137. The van der Waals surface area contributed by atoms with E-state index in [9.17, 15) is 18.0 Å². The smallest absolute Gasteiger partial charge is 0.337 e. The van der Waals surface area contributed by atoms with Crippen LogP contribution in [0.2, 0.25) is 0 Å². The van der Waals surface area contributed by atoms with Crippen LogP contribution < -0.4 is 0 Å². The number of pyridine rings is 1. The molecule has 1 saturated heterocycles. The quantitative estimate of drug-likeness (QED) is 0.792. The second-order valence-electron chi connectivity index (χ2n) is 6.43. The maximum Gasteiger partial charge on any atom is 0.417 e. The Labute approximate surface area is 144 Å². The minimum absolute atomic E-state index is 0.0167.